The number of hydrogen-bond acceptors (Lipinski definition) is 3. The van der Waals surface area contributed by atoms with E-state index in [9.17, 15) is 4.79 Å². The van der Waals surface area contributed by atoms with Gasteiger partial charge in [-0.3, -0.25) is 4.79 Å². The maximum atomic E-state index is 11.3. The van der Waals surface area contributed by atoms with Crippen LogP contribution in [0.15, 0.2) is 23.1 Å². The first-order chi connectivity index (χ1) is 9.04. The summed E-state index contributed by atoms with van der Waals surface area (Å²) in [5, 5.41) is 3.19. The molecule has 0 aromatic heterocycles. The Morgan fingerprint density at radius 3 is 2.68 bits per heavy atom. The molecular weight excluding hydrogens is 256 g/mol. The summed E-state index contributed by atoms with van der Waals surface area (Å²) >= 11 is 1.77. The van der Waals surface area contributed by atoms with E-state index in [0.717, 1.165) is 25.1 Å². The van der Waals surface area contributed by atoms with Crippen LogP contribution in [0.5, 0.6) is 0 Å². The Kier molecular flexibility index (Phi) is 6.95. The van der Waals surface area contributed by atoms with E-state index >= 15 is 0 Å². The average molecular weight is 280 g/mol. The molecule has 1 amide bonds. The molecule has 0 heterocycles. The number of nitrogens with one attached hydrogen (secondary N) is 1. The molecule has 3 nitrogen and oxygen atoms in total. The van der Waals surface area contributed by atoms with E-state index in [4.69, 9.17) is 5.73 Å². The highest BCUT2D eigenvalue weighted by Crippen LogP contribution is 2.22. The van der Waals surface area contributed by atoms with Crippen LogP contribution in [0.3, 0.4) is 0 Å². The number of hydrogen-bond donors (Lipinski definition) is 2. The Morgan fingerprint density at radius 1 is 1.37 bits per heavy atom. The third-order valence-corrected chi connectivity index (χ3v) is 4.16. The molecule has 0 radical (unpaired) electrons. The lowest BCUT2D eigenvalue weighted by atomic mass is 10.1. The number of benzene rings is 1. The Morgan fingerprint density at radius 2 is 2.11 bits per heavy atom. The molecule has 3 N–H and O–H groups in total. The van der Waals surface area contributed by atoms with E-state index in [0.29, 0.717) is 0 Å². The number of aryl methyl sites for hydroxylation is 2. The van der Waals surface area contributed by atoms with Crippen molar-refractivity contribution in [3.8, 4) is 0 Å². The van der Waals surface area contributed by atoms with Crippen molar-refractivity contribution >= 4 is 17.7 Å². The molecule has 1 unspecified atom stereocenters. The standard InChI is InChI=1S/C15H24N2OS/c1-4-8-17-14(15(16)18)7-9-19-13-6-5-11(2)12(3)10-13/h5-6,10,14,17H,4,7-9H2,1-3H3,(H2,16,18). The van der Waals surface area contributed by atoms with Gasteiger partial charge in [0.2, 0.25) is 5.91 Å². The molecule has 106 valence electrons. The van der Waals surface area contributed by atoms with Crippen LogP contribution < -0.4 is 11.1 Å². The predicted molar refractivity (Wildman–Crippen MR) is 82.5 cm³/mol. The fourth-order valence-electron chi connectivity index (χ4n) is 1.76. The number of amides is 1. The molecule has 0 saturated carbocycles. The highest BCUT2D eigenvalue weighted by atomic mass is 32.2. The number of carbonyl (C=O) groups excluding carboxylic acids is 1. The van der Waals surface area contributed by atoms with Crippen molar-refractivity contribution in [3.05, 3.63) is 29.3 Å². The molecule has 0 bridgehead atoms. The van der Waals surface area contributed by atoms with Gasteiger partial charge in [0, 0.05) is 4.90 Å². The molecule has 0 saturated heterocycles. The first-order valence-corrected chi connectivity index (χ1v) is 7.76. The summed E-state index contributed by atoms with van der Waals surface area (Å²) in [5.74, 6) is 0.640. The Labute approximate surface area is 120 Å². The maximum Gasteiger partial charge on any atom is 0.234 e. The van der Waals surface area contributed by atoms with Gasteiger partial charge in [-0.1, -0.05) is 13.0 Å². The van der Waals surface area contributed by atoms with Crippen molar-refractivity contribution in [2.24, 2.45) is 5.73 Å². The van der Waals surface area contributed by atoms with Crippen LogP contribution in [0.2, 0.25) is 0 Å². The zero-order valence-electron chi connectivity index (χ0n) is 12.0. The SMILES string of the molecule is CCCNC(CCSc1ccc(C)c(C)c1)C(N)=O. The Bertz CT molecular complexity index is 421. The summed E-state index contributed by atoms with van der Waals surface area (Å²) in [7, 11) is 0. The van der Waals surface area contributed by atoms with E-state index in [2.05, 4.69) is 44.3 Å². The van der Waals surface area contributed by atoms with E-state index in [1.165, 1.54) is 16.0 Å². The smallest absolute Gasteiger partial charge is 0.234 e. The van der Waals surface area contributed by atoms with Crippen molar-refractivity contribution in [2.45, 2.75) is 44.6 Å². The second-order valence-electron chi connectivity index (χ2n) is 4.79. The first-order valence-electron chi connectivity index (χ1n) is 6.77. The van der Waals surface area contributed by atoms with Gasteiger partial charge < -0.3 is 11.1 Å². The summed E-state index contributed by atoms with van der Waals surface area (Å²) < 4.78 is 0. The fraction of sp³-hybridized carbons (Fsp3) is 0.533. The second-order valence-corrected chi connectivity index (χ2v) is 5.96. The monoisotopic (exact) mass is 280 g/mol. The fourth-order valence-corrected chi connectivity index (χ4v) is 2.78. The highest BCUT2D eigenvalue weighted by Gasteiger charge is 2.13. The number of rotatable bonds is 8. The summed E-state index contributed by atoms with van der Waals surface area (Å²) in [6, 6.07) is 6.25. The molecule has 0 aliphatic carbocycles. The lowest BCUT2D eigenvalue weighted by Gasteiger charge is -2.14. The lowest BCUT2D eigenvalue weighted by molar-refractivity contribution is -0.120. The topological polar surface area (TPSA) is 55.1 Å². The molecule has 1 aromatic carbocycles. The molecule has 0 spiro atoms. The minimum atomic E-state index is -0.255. The number of primary amides is 1. The molecule has 1 aromatic rings. The van der Waals surface area contributed by atoms with Gasteiger partial charge >= 0.3 is 0 Å². The quantitative estimate of drug-likeness (QED) is 0.720. The van der Waals surface area contributed by atoms with Gasteiger partial charge in [-0.2, -0.15) is 0 Å². The molecule has 4 heteroatoms. The Balaban J connectivity index is 2.42. The number of carbonyl (C=O) groups is 1. The van der Waals surface area contributed by atoms with Gasteiger partial charge in [0.05, 0.1) is 6.04 Å². The number of thioether (sulfide) groups is 1. The first kappa shape index (κ1) is 16.1. The van der Waals surface area contributed by atoms with Crippen molar-refractivity contribution in [1.82, 2.24) is 5.32 Å². The summed E-state index contributed by atoms with van der Waals surface area (Å²) in [4.78, 5) is 12.5. The molecule has 0 aliphatic rings. The van der Waals surface area contributed by atoms with E-state index < -0.39 is 0 Å². The van der Waals surface area contributed by atoms with Crippen molar-refractivity contribution in [2.75, 3.05) is 12.3 Å². The summed E-state index contributed by atoms with van der Waals surface area (Å²) in [5.41, 5.74) is 8.01. The van der Waals surface area contributed by atoms with Crippen LogP contribution in [-0.4, -0.2) is 24.2 Å². The number of nitrogens with two attached hydrogens (primary N) is 1. The molecule has 0 aliphatic heterocycles. The van der Waals surface area contributed by atoms with Gasteiger partial charge in [0.1, 0.15) is 0 Å². The minimum Gasteiger partial charge on any atom is -0.368 e. The van der Waals surface area contributed by atoms with Crippen molar-refractivity contribution in [3.63, 3.8) is 0 Å². The van der Waals surface area contributed by atoms with Crippen LogP contribution in [0, 0.1) is 13.8 Å². The van der Waals surface area contributed by atoms with Crippen LogP contribution in [0.4, 0.5) is 0 Å². The zero-order valence-corrected chi connectivity index (χ0v) is 12.8. The maximum absolute atomic E-state index is 11.3. The molecular formula is C15H24N2OS. The van der Waals surface area contributed by atoms with Crippen LogP contribution in [-0.2, 0) is 4.79 Å². The van der Waals surface area contributed by atoms with Crippen LogP contribution in [0.1, 0.15) is 30.9 Å². The average Bonchev–Trinajstić information content (AvgIpc) is 2.37. The minimum absolute atomic E-state index is 0.209. The lowest BCUT2D eigenvalue weighted by Crippen LogP contribution is -2.41. The molecule has 1 rings (SSSR count). The highest BCUT2D eigenvalue weighted by molar-refractivity contribution is 7.99. The van der Waals surface area contributed by atoms with Crippen LogP contribution >= 0.6 is 11.8 Å². The summed E-state index contributed by atoms with van der Waals surface area (Å²) in [6.07, 6.45) is 1.78. The van der Waals surface area contributed by atoms with Crippen LogP contribution in [0.25, 0.3) is 0 Å². The second kappa shape index (κ2) is 8.23. The largest absolute Gasteiger partial charge is 0.368 e. The third-order valence-electron chi connectivity index (χ3n) is 3.14. The Hall–Kier alpha value is -1.00. The normalized spacial score (nSPS) is 12.4. The van der Waals surface area contributed by atoms with Gasteiger partial charge in [-0.05, 0) is 62.2 Å². The van der Waals surface area contributed by atoms with Gasteiger partial charge in [-0.15, -0.1) is 11.8 Å². The van der Waals surface area contributed by atoms with E-state index in [-0.39, 0.29) is 11.9 Å². The van der Waals surface area contributed by atoms with E-state index in [1.54, 1.807) is 11.8 Å². The van der Waals surface area contributed by atoms with Crippen molar-refractivity contribution < 1.29 is 4.79 Å². The van der Waals surface area contributed by atoms with Gasteiger partial charge in [0.15, 0.2) is 0 Å². The molecule has 1 atom stereocenters. The third kappa shape index (κ3) is 5.66. The predicted octanol–water partition coefficient (Wildman–Crippen LogP) is 2.64. The van der Waals surface area contributed by atoms with Gasteiger partial charge in [-0.25, -0.2) is 0 Å². The van der Waals surface area contributed by atoms with Crippen molar-refractivity contribution in [1.29, 1.82) is 0 Å². The van der Waals surface area contributed by atoms with E-state index in [1.807, 2.05) is 0 Å². The molecule has 0 fully saturated rings. The van der Waals surface area contributed by atoms with Gasteiger partial charge in [0.25, 0.3) is 0 Å². The summed E-state index contributed by atoms with van der Waals surface area (Å²) in [6.45, 7) is 7.15. The molecule has 19 heavy (non-hydrogen) atoms. The zero-order chi connectivity index (χ0) is 14.3.